The zero-order valence-electron chi connectivity index (χ0n) is 15.3. The monoisotopic (exact) mass is 377 g/mol. The van der Waals surface area contributed by atoms with Crippen molar-refractivity contribution in [2.45, 2.75) is 25.9 Å². The molecule has 1 amide bonds. The number of carbonyl (C=O) groups excluding carboxylic acids is 2. The van der Waals surface area contributed by atoms with E-state index in [1.54, 1.807) is 11.0 Å². The number of hydrogen-bond donors (Lipinski definition) is 0. The van der Waals surface area contributed by atoms with Crippen LogP contribution in [0.3, 0.4) is 0 Å². The van der Waals surface area contributed by atoms with Gasteiger partial charge in [-0.25, -0.2) is 4.79 Å². The van der Waals surface area contributed by atoms with Gasteiger partial charge in [-0.3, -0.25) is 14.9 Å². The van der Waals surface area contributed by atoms with E-state index in [1.165, 1.54) is 12.1 Å². The summed E-state index contributed by atoms with van der Waals surface area (Å²) in [5.74, 6) is -1.03. The molecule has 3 rings (SSSR count). The highest BCUT2D eigenvalue weighted by Gasteiger charge is 2.26. The fourth-order valence-electron chi connectivity index (χ4n) is 3.38. The van der Waals surface area contributed by atoms with E-state index in [2.05, 4.69) is 0 Å². The predicted octanol–water partition coefficient (Wildman–Crippen LogP) is 1.60. The Balaban J connectivity index is 1.71. The van der Waals surface area contributed by atoms with Gasteiger partial charge in [-0.1, -0.05) is 0 Å². The molecule has 9 heteroatoms. The number of non-ortho nitro benzene ring substituents is 1. The van der Waals surface area contributed by atoms with Crippen LogP contribution in [0.1, 0.15) is 30.1 Å². The minimum absolute atomic E-state index is 0.0584. The van der Waals surface area contributed by atoms with Crippen LogP contribution in [0.2, 0.25) is 0 Å². The molecule has 2 saturated heterocycles. The summed E-state index contributed by atoms with van der Waals surface area (Å²) < 4.78 is 10.6. The summed E-state index contributed by atoms with van der Waals surface area (Å²) in [7, 11) is 0. The van der Waals surface area contributed by atoms with Gasteiger partial charge in [-0.15, -0.1) is 0 Å². The van der Waals surface area contributed by atoms with Crippen LogP contribution in [0.4, 0.5) is 11.4 Å². The van der Waals surface area contributed by atoms with E-state index < -0.39 is 17.5 Å². The van der Waals surface area contributed by atoms with Crippen LogP contribution >= 0.6 is 0 Å². The number of anilines is 1. The summed E-state index contributed by atoms with van der Waals surface area (Å²) in [5.41, 5.74) is 0.544. The lowest BCUT2D eigenvalue weighted by atomic mass is 10.1. The van der Waals surface area contributed by atoms with Crippen LogP contribution in [0, 0.1) is 10.1 Å². The summed E-state index contributed by atoms with van der Waals surface area (Å²) in [4.78, 5) is 39.0. The van der Waals surface area contributed by atoms with Crippen LogP contribution < -0.4 is 4.90 Å². The van der Waals surface area contributed by atoms with E-state index in [9.17, 15) is 19.7 Å². The van der Waals surface area contributed by atoms with Crippen molar-refractivity contribution >= 4 is 23.3 Å². The molecule has 146 valence electrons. The molecule has 1 aromatic carbocycles. The van der Waals surface area contributed by atoms with Gasteiger partial charge in [-0.05, 0) is 25.8 Å². The summed E-state index contributed by atoms with van der Waals surface area (Å²) in [6.45, 7) is 4.39. The molecule has 1 atom stereocenters. The second-order valence-electron chi connectivity index (χ2n) is 6.75. The molecule has 0 spiro atoms. The fraction of sp³-hybridized carbons (Fsp3) is 0.556. The van der Waals surface area contributed by atoms with Crippen LogP contribution in [0.25, 0.3) is 0 Å². The number of morpholine rings is 1. The maximum absolute atomic E-state index is 12.6. The molecule has 0 radical (unpaired) electrons. The zero-order valence-corrected chi connectivity index (χ0v) is 15.3. The van der Waals surface area contributed by atoms with Gasteiger partial charge in [0, 0.05) is 38.3 Å². The molecule has 9 nitrogen and oxygen atoms in total. The number of nitrogens with zero attached hydrogens (tertiary/aromatic N) is 3. The molecule has 2 aliphatic heterocycles. The number of esters is 1. The Morgan fingerprint density at radius 1 is 1.30 bits per heavy atom. The lowest BCUT2D eigenvalue weighted by molar-refractivity contribution is -0.384. The Morgan fingerprint density at radius 2 is 2.04 bits per heavy atom. The lowest BCUT2D eigenvalue weighted by Gasteiger charge is -2.31. The van der Waals surface area contributed by atoms with Crippen molar-refractivity contribution in [3.63, 3.8) is 0 Å². The quantitative estimate of drug-likeness (QED) is 0.436. The Hall–Kier alpha value is -2.68. The third-order valence-corrected chi connectivity index (χ3v) is 4.78. The van der Waals surface area contributed by atoms with Crippen molar-refractivity contribution in [3.05, 3.63) is 33.9 Å². The molecule has 0 aromatic heterocycles. The number of hydrogen-bond acceptors (Lipinski definition) is 7. The molecule has 2 heterocycles. The number of nitro groups is 1. The number of ether oxygens (including phenoxy) is 2. The zero-order chi connectivity index (χ0) is 19.4. The maximum Gasteiger partial charge on any atom is 0.341 e. The maximum atomic E-state index is 12.6. The first-order valence-electron chi connectivity index (χ1n) is 9.05. The SMILES string of the molecule is CC1CN(C(=O)COC(=O)c2cc([N+](=O)[O-])ccc2N2CCCC2)CCO1. The summed E-state index contributed by atoms with van der Waals surface area (Å²) in [5, 5.41) is 11.1. The predicted molar refractivity (Wildman–Crippen MR) is 96.8 cm³/mol. The molecular formula is C18H23N3O6. The molecule has 0 aliphatic carbocycles. The van der Waals surface area contributed by atoms with Gasteiger partial charge < -0.3 is 19.3 Å². The van der Waals surface area contributed by atoms with E-state index in [-0.39, 0.29) is 23.3 Å². The molecular weight excluding hydrogens is 354 g/mol. The largest absolute Gasteiger partial charge is 0.452 e. The first-order chi connectivity index (χ1) is 13.0. The van der Waals surface area contributed by atoms with Gasteiger partial charge in [0.1, 0.15) is 0 Å². The van der Waals surface area contributed by atoms with E-state index >= 15 is 0 Å². The Bertz CT molecular complexity index is 732. The van der Waals surface area contributed by atoms with Gasteiger partial charge in [0.15, 0.2) is 6.61 Å². The minimum atomic E-state index is -0.727. The second-order valence-corrected chi connectivity index (χ2v) is 6.75. The van der Waals surface area contributed by atoms with Gasteiger partial charge in [0.2, 0.25) is 0 Å². The summed E-state index contributed by atoms with van der Waals surface area (Å²) in [6, 6.07) is 4.17. The first kappa shape index (κ1) is 19.1. The summed E-state index contributed by atoms with van der Waals surface area (Å²) in [6.07, 6.45) is 1.94. The van der Waals surface area contributed by atoms with Crippen molar-refractivity contribution in [1.29, 1.82) is 0 Å². The fourth-order valence-corrected chi connectivity index (χ4v) is 3.38. The molecule has 2 aliphatic rings. The smallest absolute Gasteiger partial charge is 0.341 e. The van der Waals surface area contributed by atoms with Crippen LogP contribution in [-0.2, 0) is 14.3 Å². The molecule has 1 aromatic rings. The second kappa shape index (κ2) is 8.34. The third-order valence-electron chi connectivity index (χ3n) is 4.78. The van der Waals surface area contributed by atoms with Crippen molar-refractivity contribution in [1.82, 2.24) is 4.90 Å². The standard InChI is InChI=1S/C18H23N3O6/c1-13-11-20(8-9-26-13)17(22)12-27-18(23)15-10-14(21(24)25)4-5-16(15)19-6-2-3-7-19/h4-5,10,13H,2-3,6-9,11-12H2,1H3. The Kier molecular flexibility index (Phi) is 5.90. The van der Waals surface area contributed by atoms with Gasteiger partial charge in [-0.2, -0.15) is 0 Å². The highest BCUT2D eigenvalue weighted by molar-refractivity contribution is 5.97. The molecule has 0 N–H and O–H groups in total. The Labute approximate surface area is 157 Å². The van der Waals surface area contributed by atoms with Gasteiger partial charge in [0.25, 0.3) is 11.6 Å². The number of carbonyl (C=O) groups is 2. The average molecular weight is 377 g/mol. The molecule has 27 heavy (non-hydrogen) atoms. The van der Waals surface area contributed by atoms with Crippen LogP contribution in [0.15, 0.2) is 18.2 Å². The van der Waals surface area contributed by atoms with E-state index in [0.29, 0.717) is 25.4 Å². The van der Waals surface area contributed by atoms with Gasteiger partial charge in [0.05, 0.1) is 28.9 Å². The van der Waals surface area contributed by atoms with Crippen molar-refractivity contribution < 1.29 is 24.0 Å². The number of nitro benzene ring substituents is 1. The minimum Gasteiger partial charge on any atom is -0.452 e. The molecule has 0 bridgehead atoms. The van der Waals surface area contributed by atoms with Crippen molar-refractivity contribution in [2.75, 3.05) is 44.3 Å². The topological polar surface area (TPSA) is 102 Å². The normalized spacial score (nSPS) is 19.8. The summed E-state index contributed by atoms with van der Waals surface area (Å²) >= 11 is 0. The highest BCUT2D eigenvalue weighted by atomic mass is 16.6. The van der Waals surface area contributed by atoms with E-state index in [4.69, 9.17) is 9.47 Å². The van der Waals surface area contributed by atoms with Crippen molar-refractivity contribution in [3.8, 4) is 0 Å². The average Bonchev–Trinajstić information content (AvgIpc) is 3.19. The number of rotatable bonds is 5. The van der Waals surface area contributed by atoms with Crippen LogP contribution in [0.5, 0.6) is 0 Å². The number of amides is 1. The lowest BCUT2D eigenvalue weighted by Crippen LogP contribution is -2.46. The van der Waals surface area contributed by atoms with Gasteiger partial charge >= 0.3 is 5.97 Å². The van der Waals surface area contributed by atoms with Crippen molar-refractivity contribution in [2.24, 2.45) is 0 Å². The first-order valence-corrected chi connectivity index (χ1v) is 9.05. The van der Waals surface area contributed by atoms with E-state index in [1.807, 2.05) is 11.8 Å². The Morgan fingerprint density at radius 3 is 2.70 bits per heavy atom. The van der Waals surface area contributed by atoms with Crippen LogP contribution in [-0.4, -0.2) is 67.2 Å². The molecule has 2 fully saturated rings. The third kappa shape index (κ3) is 4.54. The van der Waals surface area contributed by atoms with E-state index in [0.717, 1.165) is 25.9 Å². The highest BCUT2D eigenvalue weighted by Crippen LogP contribution is 2.29. The number of benzene rings is 1. The molecule has 0 saturated carbocycles. The molecule has 1 unspecified atom stereocenters.